The van der Waals surface area contributed by atoms with E-state index in [1.54, 1.807) is 29.2 Å². The summed E-state index contributed by atoms with van der Waals surface area (Å²) in [6, 6.07) is 5.15. The standard InChI is InChI=1S/C16H17NO4S2/c1-4-17-15(19)14(23-16(17)22)9-11-6-7-12(21-10(3)18)13(8-11)20-5-2/h6-9H,4-5H2,1-3H3/b14-9-. The Morgan fingerprint density at radius 3 is 2.65 bits per heavy atom. The van der Waals surface area contributed by atoms with Crippen LogP contribution in [0.25, 0.3) is 6.08 Å². The topological polar surface area (TPSA) is 55.8 Å². The third-order valence-electron chi connectivity index (χ3n) is 3.01. The molecule has 1 fully saturated rings. The number of rotatable bonds is 5. The second-order valence-electron chi connectivity index (χ2n) is 4.66. The minimum atomic E-state index is -0.414. The second-order valence-corrected chi connectivity index (χ2v) is 6.33. The molecule has 0 N–H and O–H groups in total. The Morgan fingerprint density at radius 1 is 1.35 bits per heavy atom. The van der Waals surface area contributed by atoms with Gasteiger partial charge in [-0.2, -0.15) is 0 Å². The molecule has 1 saturated heterocycles. The van der Waals surface area contributed by atoms with E-state index >= 15 is 0 Å². The highest BCUT2D eigenvalue weighted by atomic mass is 32.2. The number of carbonyl (C=O) groups is 2. The molecule has 1 aliphatic rings. The summed E-state index contributed by atoms with van der Waals surface area (Å²) in [6.45, 7) is 6.05. The van der Waals surface area contributed by atoms with Crippen molar-refractivity contribution in [2.75, 3.05) is 13.2 Å². The van der Waals surface area contributed by atoms with Gasteiger partial charge in [-0.05, 0) is 37.6 Å². The summed E-state index contributed by atoms with van der Waals surface area (Å²) in [7, 11) is 0. The summed E-state index contributed by atoms with van der Waals surface area (Å²) in [5, 5.41) is 0. The zero-order valence-electron chi connectivity index (χ0n) is 13.1. The molecular weight excluding hydrogens is 334 g/mol. The van der Waals surface area contributed by atoms with E-state index in [4.69, 9.17) is 21.7 Å². The third-order valence-corrected chi connectivity index (χ3v) is 4.39. The van der Waals surface area contributed by atoms with Crippen molar-refractivity contribution in [3.63, 3.8) is 0 Å². The lowest BCUT2D eigenvalue weighted by Crippen LogP contribution is -2.27. The molecule has 0 bridgehead atoms. The molecule has 1 amide bonds. The number of amides is 1. The zero-order valence-corrected chi connectivity index (χ0v) is 14.8. The van der Waals surface area contributed by atoms with E-state index < -0.39 is 5.97 Å². The van der Waals surface area contributed by atoms with Crippen molar-refractivity contribution in [3.05, 3.63) is 28.7 Å². The lowest BCUT2D eigenvalue weighted by Gasteiger charge is -2.11. The Morgan fingerprint density at radius 2 is 2.09 bits per heavy atom. The van der Waals surface area contributed by atoms with Gasteiger partial charge in [0.15, 0.2) is 11.5 Å². The highest BCUT2D eigenvalue weighted by Crippen LogP contribution is 2.34. The third kappa shape index (κ3) is 4.11. The average molecular weight is 351 g/mol. The van der Waals surface area contributed by atoms with Gasteiger partial charge in [0.2, 0.25) is 0 Å². The number of ether oxygens (including phenoxy) is 2. The van der Waals surface area contributed by atoms with Crippen LogP contribution in [0.1, 0.15) is 26.3 Å². The minimum Gasteiger partial charge on any atom is -0.490 e. The van der Waals surface area contributed by atoms with Crippen LogP contribution in [0.5, 0.6) is 11.5 Å². The first-order valence-corrected chi connectivity index (χ1v) is 8.39. The van der Waals surface area contributed by atoms with Crippen LogP contribution in [0.3, 0.4) is 0 Å². The van der Waals surface area contributed by atoms with E-state index in [1.165, 1.54) is 18.7 Å². The Kier molecular flexibility index (Phi) is 5.79. The molecule has 0 saturated carbocycles. The molecule has 0 spiro atoms. The largest absolute Gasteiger partial charge is 0.490 e. The summed E-state index contributed by atoms with van der Waals surface area (Å²) in [6.07, 6.45) is 1.76. The molecule has 1 aromatic carbocycles. The van der Waals surface area contributed by atoms with Crippen molar-refractivity contribution in [1.29, 1.82) is 0 Å². The summed E-state index contributed by atoms with van der Waals surface area (Å²) >= 11 is 6.47. The van der Waals surface area contributed by atoms with Gasteiger partial charge >= 0.3 is 5.97 Å². The lowest BCUT2D eigenvalue weighted by molar-refractivity contribution is -0.132. The Labute approximate surface area is 144 Å². The van der Waals surface area contributed by atoms with Crippen LogP contribution in [0.4, 0.5) is 0 Å². The lowest BCUT2D eigenvalue weighted by atomic mass is 10.2. The normalized spacial score (nSPS) is 16.1. The predicted molar refractivity (Wildman–Crippen MR) is 94.5 cm³/mol. The van der Waals surface area contributed by atoms with E-state index in [-0.39, 0.29) is 5.91 Å². The van der Waals surface area contributed by atoms with Gasteiger partial charge in [0, 0.05) is 13.5 Å². The SMILES string of the molecule is CCOc1cc(/C=C2\SC(=S)N(CC)C2=O)ccc1OC(C)=O. The van der Waals surface area contributed by atoms with Crippen molar-refractivity contribution in [2.24, 2.45) is 0 Å². The van der Waals surface area contributed by atoms with Gasteiger partial charge in [-0.3, -0.25) is 14.5 Å². The first-order valence-electron chi connectivity index (χ1n) is 7.16. The molecule has 2 rings (SSSR count). The fraction of sp³-hybridized carbons (Fsp3) is 0.312. The highest BCUT2D eigenvalue weighted by molar-refractivity contribution is 8.26. The van der Waals surface area contributed by atoms with Crippen LogP contribution in [-0.2, 0) is 9.59 Å². The van der Waals surface area contributed by atoms with E-state index in [9.17, 15) is 9.59 Å². The van der Waals surface area contributed by atoms with Gasteiger partial charge in [0.1, 0.15) is 4.32 Å². The second kappa shape index (κ2) is 7.61. The maximum absolute atomic E-state index is 12.2. The number of hydrogen-bond donors (Lipinski definition) is 0. The first-order chi connectivity index (χ1) is 11.0. The number of thiocarbonyl (C=S) groups is 1. The van der Waals surface area contributed by atoms with Gasteiger partial charge in [0.05, 0.1) is 11.5 Å². The molecule has 23 heavy (non-hydrogen) atoms. The van der Waals surface area contributed by atoms with Crippen LogP contribution < -0.4 is 9.47 Å². The molecule has 0 aromatic heterocycles. The average Bonchev–Trinajstić information content (AvgIpc) is 2.75. The van der Waals surface area contributed by atoms with Crippen molar-refractivity contribution in [3.8, 4) is 11.5 Å². The Bertz CT molecular complexity index is 685. The number of benzene rings is 1. The number of nitrogens with zero attached hydrogens (tertiary/aromatic N) is 1. The summed E-state index contributed by atoms with van der Waals surface area (Å²) in [5.74, 6) is 0.312. The Hall–Kier alpha value is -1.86. The van der Waals surface area contributed by atoms with Crippen LogP contribution >= 0.6 is 24.0 Å². The molecule has 1 aromatic rings. The monoisotopic (exact) mass is 351 g/mol. The quantitative estimate of drug-likeness (QED) is 0.351. The fourth-order valence-electron chi connectivity index (χ4n) is 2.05. The van der Waals surface area contributed by atoms with Crippen molar-refractivity contribution < 1.29 is 19.1 Å². The molecule has 0 aliphatic carbocycles. The van der Waals surface area contributed by atoms with E-state index in [0.29, 0.717) is 33.9 Å². The number of carbonyl (C=O) groups excluding carboxylic acids is 2. The maximum atomic E-state index is 12.2. The number of hydrogen-bond acceptors (Lipinski definition) is 6. The van der Waals surface area contributed by atoms with Crippen molar-refractivity contribution >= 4 is 46.3 Å². The van der Waals surface area contributed by atoms with Crippen molar-refractivity contribution in [1.82, 2.24) is 4.90 Å². The Balaban J connectivity index is 2.32. The molecule has 0 unspecified atom stereocenters. The number of thioether (sulfide) groups is 1. The van der Waals surface area contributed by atoms with E-state index in [2.05, 4.69) is 0 Å². The zero-order chi connectivity index (χ0) is 17.0. The van der Waals surface area contributed by atoms with Crippen LogP contribution in [0, 0.1) is 0 Å². The summed E-state index contributed by atoms with van der Waals surface area (Å²) < 4.78 is 11.2. The van der Waals surface area contributed by atoms with Crippen molar-refractivity contribution in [2.45, 2.75) is 20.8 Å². The molecular formula is C16H17NO4S2. The molecule has 1 aliphatic heterocycles. The maximum Gasteiger partial charge on any atom is 0.308 e. The van der Waals surface area contributed by atoms with Gasteiger partial charge in [-0.25, -0.2) is 0 Å². The van der Waals surface area contributed by atoms with E-state index in [0.717, 1.165) is 5.56 Å². The molecule has 0 radical (unpaired) electrons. The first kappa shape index (κ1) is 17.5. The fourth-order valence-corrected chi connectivity index (χ4v) is 3.43. The predicted octanol–water partition coefficient (Wildman–Crippen LogP) is 3.23. The molecule has 1 heterocycles. The van der Waals surface area contributed by atoms with Gasteiger partial charge in [-0.1, -0.05) is 30.0 Å². The van der Waals surface area contributed by atoms with Crippen LogP contribution in [0.15, 0.2) is 23.1 Å². The van der Waals surface area contributed by atoms with Gasteiger partial charge < -0.3 is 9.47 Å². The smallest absolute Gasteiger partial charge is 0.308 e. The van der Waals surface area contributed by atoms with Crippen LogP contribution in [-0.4, -0.2) is 34.2 Å². The summed E-state index contributed by atoms with van der Waals surface area (Å²) in [4.78, 5) is 25.5. The highest BCUT2D eigenvalue weighted by Gasteiger charge is 2.30. The van der Waals surface area contributed by atoms with E-state index in [1.807, 2.05) is 13.8 Å². The van der Waals surface area contributed by atoms with Gasteiger partial charge in [0.25, 0.3) is 5.91 Å². The molecule has 5 nitrogen and oxygen atoms in total. The molecule has 7 heteroatoms. The number of esters is 1. The molecule has 122 valence electrons. The number of likely N-dealkylation sites (N-methyl/N-ethyl adjacent to an activating group) is 1. The van der Waals surface area contributed by atoms with Crippen LogP contribution in [0.2, 0.25) is 0 Å². The van der Waals surface area contributed by atoms with Gasteiger partial charge in [-0.15, -0.1) is 0 Å². The minimum absolute atomic E-state index is 0.0930. The molecule has 0 atom stereocenters. The summed E-state index contributed by atoms with van der Waals surface area (Å²) in [5.41, 5.74) is 0.779.